The highest BCUT2D eigenvalue weighted by atomic mass is 32.2. The predicted octanol–water partition coefficient (Wildman–Crippen LogP) is 6.00. The Morgan fingerprint density at radius 2 is 1.42 bits per heavy atom. The van der Waals surface area contributed by atoms with Gasteiger partial charge in [-0.25, -0.2) is 9.97 Å². The molecule has 1 heterocycles. The van der Waals surface area contributed by atoms with E-state index in [0.29, 0.717) is 0 Å². The van der Waals surface area contributed by atoms with Crippen molar-refractivity contribution in [2.45, 2.75) is 50.8 Å². The molecule has 1 unspecified atom stereocenters. The van der Waals surface area contributed by atoms with Crippen molar-refractivity contribution in [3.63, 3.8) is 0 Å². The summed E-state index contributed by atoms with van der Waals surface area (Å²) in [6.07, 6.45) is 0.0104. The topological polar surface area (TPSA) is 35.0 Å². The molecule has 0 saturated heterocycles. The van der Waals surface area contributed by atoms with Gasteiger partial charge in [0.1, 0.15) is 11.9 Å². The minimum Gasteiger partial charge on any atom is -0.486 e. The Hall–Kier alpha value is -2.33. The summed E-state index contributed by atoms with van der Waals surface area (Å²) in [7, 11) is 0. The second-order valence-electron chi connectivity index (χ2n) is 6.59. The van der Waals surface area contributed by atoms with Crippen LogP contribution in [0.5, 0.6) is 5.75 Å². The summed E-state index contributed by atoms with van der Waals surface area (Å²) in [5, 5.41) is 0.792. The molecule has 3 nitrogen and oxygen atoms in total. The van der Waals surface area contributed by atoms with Gasteiger partial charge in [-0.15, -0.1) is 0 Å². The molecule has 0 amide bonds. The lowest BCUT2D eigenvalue weighted by molar-refractivity contribution is 0.226. The average Bonchev–Trinajstić information content (AvgIpc) is 2.58. The van der Waals surface area contributed by atoms with Crippen molar-refractivity contribution < 1.29 is 4.74 Å². The van der Waals surface area contributed by atoms with Crippen molar-refractivity contribution in [1.82, 2.24) is 9.97 Å². The van der Waals surface area contributed by atoms with Crippen molar-refractivity contribution in [1.29, 1.82) is 0 Å². The summed E-state index contributed by atoms with van der Waals surface area (Å²) in [4.78, 5) is 10.3. The first kappa shape index (κ1) is 18.5. The first-order valence-electron chi connectivity index (χ1n) is 8.75. The van der Waals surface area contributed by atoms with Crippen LogP contribution in [-0.4, -0.2) is 9.97 Å². The van der Waals surface area contributed by atoms with Gasteiger partial charge in [-0.2, -0.15) is 0 Å². The largest absolute Gasteiger partial charge is 0.486 e. The third-order valence-electron chi connectivity index (χ3n) is 4.17. The second-order valence-corrected chi connectivity index (χ2v) is 7.57. The van der Waals surface area contributed by atoms with Crippen LogP contribution in [-0.2, 0) is 0 Å². The normalized spacial score (nSPS) is 12.0. The zero-order valence-electron chi connectivity index (χ0n) is 15.9. The van der Waals surface area contributed by atoms with Crippen LogP contribution in [0.4, 0.5) is 0 Å². The van der Waals surface area contributed by atoms with Gasteiger partial charge in [0, 0.05) is 16.3 Å². The molecule has 0 saturated carbocycles. The quantitative estimate of drug-likeness (QED) is 0.520. The van der Waals surface area contributed by atoms with Crippen molar-refractivity contribution >= 4 is 11.8 Å². The molecule has 0 aliphatic carbocycles. The molecule has 0 N–H and O–H groups in total. The fraction of sp³-hybridized carbons (Fsp3) is 0.273. The molecule has 0 bridgehead atoms. The first-order valence-corrected chi connectivity index (χ1v) is 9.57. The fourth-order valence-corrected chi connectivity index (χ4v) is 3.97. The lowest BCUT2D eigenvalue weighted by Crippen LogP contribution is -2.03. The monoisotopic (exact) mass is 364 g/mol. The van der Waals surface area contributed by atoms with Gasteiger partial charge in [-0.05, 0) is 81.3 Å². The Kier molecular flexibility index (Phi) is 5.62. The van der Waals surface area contributed by atoms with E-state index in [1.165, 1.54) is 21.6 Å². The van der Waals surface area contributed by atoms with Crippen molar-refractivity contribution in [3.8, 4) is 5.75 Å². The molecule has 0 aliphatic heterocycles. The lowest BCUT2D eigenvalue weighted by atomic mass is 10.1. The summed E-state index contributed by atoms with van der Waals surface area (Å²) in [5.74, 6) is 0.891. The van der Waals surface area contributed by atoms with Crippen molar-refractivity contribution in [2.75, 3.05) is 0 Å². The molecule has 3 aromatic rings. The summed E-state index contributed by atoms with van der Waals surface area (Å²) in [6, 6.07) is 16.5. The van der Waals surface area contributed by atoms with Gasteiger partial charge in [0.05, 0.1) is 0 Å². The van der Waals surface area contributed by atoms with Crippen molar-refractivity contribution in [2.24, 2.45) is 0 Å². The maximum Gasteiger partial charge on any atom is 0.192 e. The molecule has 0 fully saturated rings. The van der Waals surface area contributed by atoms with Gasteiger partial charge < -0.3 is 4.74 Å². The second kappa shape index (κ2) is 7.92. The fourth-order valence-electron chi connectivity index (χ4n) is 2.97. The number of benzene rings is 2. The van der Waals surface area contributed by atoms with Gasteiger partial charge >= 0.3 is 0 Å². The molecule has 1 aromatic heterocycles. The smallest absolute Gasteiger partial charge is 0.192 e. The number of hydrogen-bond donors (Lipinski definition) is 0. The van der Waals surface area contributed by atoms with E-state index in [9.17, 15) is 0 Å². The lowest BCUT2D eigenvalue weighted by Gasteiger charge is -2.18. The standard InChI is InChI=1S/C22H24N2OS/c1-14-11-20(25-18(5)19-9-7-6-8-10-19)12-15(2)21(14)26-22-23-16(3)13-17(4)24-22/h6-13,18H,1-5H3. The number of hydrogen-bond acceptors (Lipinski definition) is 4. The third kappa shape index (κ3) is 4.44. The van der Waals surface area contributed by atoms with E-state index in [2.05, 4.69) is 55.0 Å². The molecule has 2 aromatic carbocycles. The summed E-state index contributed by atoms with van der Waals surface area (Å²) in [6.45, 7) is 10.3. The molecule has 1 atom stereocenters. The third-order valence-corrected chi connectivity index (χ3v) is 5.38. The molecule has 134 valence electrons. The van der Waals surface area contributed by atoms with E-state index in [4.69, 9.17) is 4.74 Å². The Balaban J connectivity index is 1.82. The Labute approximate surface area is 159 Å². The maximum atomic E-state index is 6.16. The molecule has 0 aliphatic rings. The van der Waals surface area contributed by atoms with E-state index in [1.807, 2.05) is 38.1 Å². The highest BCUT2D eigenvalue weighted by molar-refractivity contribution is 7.99. The molecule has 26 heavy (non-hydrogen) atoms. The van der Waals surface area contributed by atoms with Gasteiger partial charge in [0.15, 0.2) is 5.16 Å². The van der Waals surface area contributed by atoms with Crippen LogP contribution in [0.25, 0.3) is 0 Å². The SMILES string of the molecule is Cc1cc(C)nc(Sc2c(C)cc(OC(C)c3ccccc3)cc2C)n1. The zero-order chi connectivity index (χ0) is 18.7. The van der Waals surface area contributed by atoms with Crippen LogP contribution in [0.1, 0.15) is 41.1 Å². The predicted molar refractivity (Wildman–Crippen MR) is 107 cm³/mol. The number of aryl methyl sites for hydroxylation is 4. The van der Waals surface area contributed by atoms with Crippen LogP contribution in [0.3, 0.4) is 0 Å². The van der Waals surface area contributed by atoms with Gasteiger partial charge in [-0.3, -0.25) is 0 Å². The summed E-state index contributed by atoms with van der Waals surface area (Å²) in [5.41, 5.74) is 5.50. The maximum absolute atomic E-state index is 6.16. The highest BCUT2D eigenvalue weighted by Gasteiger charge is 2.13. The zero-order valence-corrected chi connectivity index (χ0v) is 16.7. The number of ether oxygens (including phenoxy) is 1. The van der Waals surface area contributed by atoms with Crippen LogP contribution < -0.4 is 4.74 Å². The number of rotatable bonds is 5. The van der Waals surface area contributed by atoms with E-state index >= 15 is 0 Å². The molecular formula is C22H24N2OS. The van der Waals surface area contributed by atoms with Crippen LogP contribution in [0, 0.1) is 27.7 Å². The van der Waals surface area contributed by atoms with E-state index in [0.717, 1.165) is 22.3 Å². The van der Waals surface area contributed by atoms with Gasteiger partial charge in [0.2, 0.25) is 0 Å². The average molecular weight is 365 g/mol. The van der Waals surface area contributed by atoms with E-state index < -0.39 is 0 Å². The van der Waals surface area contributed by atoms with Crippen molar-refractivity contribution in [3.05, 3.63) is 76.6 Å². The van der Waals surface area contributed by atoms with Crippen LogP contribution in [0.15, 0.2) is 58.6 Å². The van der Waals surface area contributed by atoms with Gasteiger partial charge in [0.25, 0.3) is 0 Å². The first-order chi connectivity index (χ1) is 12.4. The van der Waals surface area contributed by atoms with Crippen LogP contribution in [0.2, 0.25) is 0 Å². The van der Waals surface area contributed by atoms with E-state index in [-0.39, 0.29) is 6.10 Å². The molecule has 3 rings (SSSR count). The number of aromatic nitrogens is 2. The Morgan fingerprint density at radius 1 is 0.846 bits per heavy atom. The molecule has 0 spiro atoms. The van der Waals surface area contributed by atoms with Gasteiger partial charge in [-0.1, -0.05) is 30.3 Å². The molecule has 4 heteroatoms. The van der Waals surface area contributed by atoms with Crippen LogP contribution >= 0.6 is 11.8 Å². The Bertz CT molecular complexity index is 866. The minimum absolute atomic E-state index is 0.0104. The minimum atomic E-state index is 0.0104. The molecular weight excluding hydrogens is 340 g/mol. The highest BCUT2D eigenvalue weighted by Crippen LogP contribution is 2.35. The van der Waals surface area contributed by atoms with E-state index in [1.54, 1.807) is 11.8 Å². The number of nitrogens with zero attached hydrogens (tertiary/aromatic N) is 2. The molecule has 0 radical (unpaired) electrons. The summed E-state index contributed by atoms with van der Waals surface area (Å²) < 4.78 is 6.16. The summed E-state index contributed by atoms with van der Waals surface area (Å²) >= 11 is 1.62. The Morgan fingerprint density at radius 3 is 2.00 bits per heavy atom.